The highest BCUT2D eigenvalue weighted by molar-refractivity contribution is 8.00. The summed E-state index contributed by atoms with van der Waals surface area (Å²) in [6.45, 7) is 0.0853. The van der Waals surface area contributed by atoms with Crippen molar-refractivity contribution in [3.05, 3.63) is 23.3 Å². The molecule has 2 aliphatic rings. The molecule has 0 aliphatic heterocycles. The fourth-order valence-corrected chi connectivity index (χ4v) is 3.70. The predicted octanol–water partition coefficient (Wildman–Crippen LogP) is 4.85. The van der Waals surface area contributed by atoms with Crippen LogP contribution in [0.5, 0.6) is 5.75 Å². The number of hydrogen-bond acceptors (Lipinski definition) is 3. The molecule has 8 heteroatoms. The molecule has 0 aromatic heterocycles. The zero-order valence-electron chi connectivity index (χ0n) is 11.9. The second-order valence-electron chi connectivity index (χ2n) is 5.83. The minimum Gasteiger partial charge on any atom is -0.493 e. The summed E-state index contributed by atoms with van der Waals surface area (Å²) in [4.78, 5) is 11.8. The molecule has 0 atom stereocenters. The molecule has 0 spiro atoms. The largest absolute Gasteiger partial charge is 0.493 e. The number of carbonyl (C=O) groups is 1. The molecule has 126 valence electrons. The molecule has 0 bridgehead atoms. The maximum atomic E-state index is 12.8. The van der Waals surface area contributed by atoms with Crippen molar-refractivity contribution in [3.8, 4) is 5.75 Å². The minimum atomic E-state index is -4.48. The van der Waals surface area contributed by atoms with E-state index in [1.54, 1.807) is 0 Å². The van der Waals surface area contributed by atoms with Gasteiger partial charge >= 0.3 is 5.51 Å². The van der Waals surface area contributed by atoms with Crippen molar-refractivity contribution in [2.75, 3.05) is 6.61 Å². The first kappa shape index (κ1) is 16.5. The zero-order chi connectivity index (χ0) is 16.8. The normalized spacial score (nSPS) is 20.3. The lowest BCUT2D eigenvalue weighted by Gasteiger charge is -2.34. The topological polar surface area (TPSA) is 26.3 Å². The number of carbonyl (C=O) groups excluding carboxylic acids is 1. The molecule has 0 N–H and O–H groups in total. The molecule has 2 aliphatic carbocycles. The lowest BCUT2D eigenvalue weighted by Crippen LogP contribution is -2.38. The van der Waals surface area contributed by atoms with Crippen molar-refractivity contribution >= 4 is 17.5 Å². The van der Waals surface area contributed by atoms with E-state index in [1.165, 1.54) is 12.1 Å². The van der Waals surface area contributed by atoms with Gasteiger partial charge in [0.1, 0.15) is 5.75 Å². The minimum absolute atomic E-state index is 0.0590. The Morgan fingerprint density at radius 1 is 1.22 bits per heavy atom. The Bertz CT molecular complexity index is 633. The summed E-state index contributed by atoms with van der Waals surface area (Å²) in [5.41, 5.74) is -3.96. The second-order valence-corrected chi connectivity index (χ2v) is 6.93. The van der Waals surface area contributed by atoms with Crippen LogP contribution in [0.3, 0.4) is 0 Å². The molecule has 0 amide bonds. The number of ether oxygens (including phenoxy) is 1. The van der Waals surface area contributed by atoms with Gasteiger partial charge in [-0.25, -0.2) is 8.78 Å². The van der Waals surface area contributed by atoms with Crippen LogP contribution in [0.15, 0.2) is 17.0 Å². The van der Waals surface area contributed by atoms with Crippen LogP contribution in [0, 0.1) is 5.92 Å². The van der Waals surface area contributed by atoms with Crippen molar-refractivity contribution in [2.24, 2.45) is 5.92 Å². The van der Waals surface area contributed by atoms with E-state index >= 15 is 0 Å². The first-order valence-electron chi connectivity index (χ1n) is 7.10. The van der Waals surface area contributed by atoms with E-state index in [0.717, 1.165) is 0 Å². The van der Waals surface area contributed by atoms with Gasteiger partial charge < -0.3 is 4.74 Å². The van der Waals surface area contributed by atoms with Gasteiger partial charge in [-0.2, -0.15) is 13.2 Å². The first-order valence-corrected chi connectivity index (χ1v) is 7.92. The molecule has 1 fully saturated rings. The van der Waals surface area contributed by atoms with Crippen molar-refractivity contribution in [2.45, 2.75) is 42.0 Å². The predicted molar refractivity (Wildman–Crippen MR) is 74.2 cm³/mol. The number of alkyl halides is 5. The fraction of sp³-hybridized carbons (Fsp3) is 0.533. The highest BCUT2D eigenvalue weighted by Crippen LogP contribution is 2.45. The highest BCUT2D eigenvalue weighted by Gasteiger charge is 2.45. The third kappa shape index (κ3) is 3.62. The molecule has 1 saturated carbocycles. The van der Waals surface area contributed by atoms with E-state index in [0.29, 0.717) is 17.7 Å². The smallest absolute Gasteiger partial charge is 0.446 e. The molecule has 23 heavy (non-hydrogen) atoms. The number of benzene rings is 1. The monoisotopic (exact) mass is 352 g/mol. The summed E-state index contributed by atoms with van der Waals surface area (Å²) < 4.78 is 68.8. The number of Topliss-reactive ketones (excluding diaryl/α,β-unsaturated/α-hetero) is 1. The van der Waals surface area contributed by atoms with Crippen LogP contribution in [0.2, 0.25) is 0 Å². The third-order valence-corrected chi connectivity index (χ3v) is 4.78. The molecule has 2 nitrogen and oxygen atoms in total. The van der Waals surface area contributed by atoms with Gasteiger partial charge in [-0.15, -0.1) is 0 Å². The SMILES string of the molecule is O=C1CCc2c(OCC3CC(F)(F)C3)ccc(SC(F)(F)F)c21. The Hall–Kier alpha value is -1.31. The lowest BCUT2D eigenvalue weighted by molar-refractivity contribution is -0.119. The van der Waals surface area contributed by atoms with Gasteiger partial charge in [0.2, 0.25) is 5.92 Å². The Balaban J connectivity index is 1.76. The van der Waals surface area contributed by atoms with Crippen molar-refractivity contribution in [3.63, 3.8) is 0 Å². The maximum absolute atomic E-state index is 12.8. The first-order chi connectivity index (χ1) is 10.6. The van der Waals surface area contributed by atoms with E-state index < -0.39 is 11.4 Å². The summed E-state index contributed by atoms with van der Waals surface area (Å²) in [6, 6.07) is 2.60. The van der Waals surface area contributed by atoms with Crippen LogP contribution in [0.1, 0.15) is 35.2 Å². The lowest BCUT2D eigenvalue weighted by atomic mass is 9.82. The van der Waals surface area contributed by atoms with Gasteiger partial charge in [0.05, 0.1) is 6.61 Å². The standard InChI is InChI=1S/C15H13F5O2S/c16-14(17)5-8(6-14)7-22-11-3-4-12(23-15(18,19)20)13-9(11)1-2-10(13)21/h3-4,8H,1-2,5-7H2. The molecule has 0 radical (unpaired) electrons. The Morgan fingerprint density at radius 3 is 2.52 bits per heavy atom. The summed E-state index contributed by atoms with van der Waals surface area (Å²) >= 11 is -0.317. The number of fused-ring (bicyclic) bond motifs is 1. The molecule has 0 unspecified atom stereocenters. The van der Waals surface area contributed by atoms with E-state index in [-0.39, 0.29) is 59.8 Å². The van der Waals surface area contributed by atoms with Gasteiger partial charge in [0.25, 0.3) is 0 Å². The van der Waals surface area contributed by atoms with Crippen LogP contribution < -0.4 is 4.74 Å². The summed E-state index contributed by atoms with van der Waals surface area (Å²) in [5.74, 6) is -2.92. The van der Waals surface area contributed by atoms with E-state index in [2.05, 4.69) is 0 Å². The van der Waals surface area contributed by atoms with Crippen LogP contribution in [0.4, 0.5) is 22.0 Å². The van der Waals surface area contributed by atoms with Gasteiger partial charge in [-0.1, -0.05) is 0 Å². The Morgan fingerprint density at radius 2 is 1.91 bits per heavy atom. The summed E-state index contributed by atoms with van der Waals surface area (Å²) in [7, 11) is 0. The van der Waals surface area contributed by atoms with Crippen molar-refractivity contribution in [1.29, 1.82) is 0 Å². The molecule has 0 saturated heterocycles. The van der Waals surface area contributed by atoms with Gasteiger partial charge in [-0.05, 0) is 30.3 Å². The van der Waals surface area contributed by atoms with Gasteiger partial charge in [0.15, 0.2) is 5.78 Å². The fourth-order valence-electron chi connectivity index (χ4n) is 2.98. The van der Waals surface area contributed by atoms with E-state index in [9.17, 15) is 26.7 Å². The number of hydrogen-bond donors (Lipinski definition) is 0. The van der Waals surface area contributed by atoms with E-state index in [1.807, 2.05) is 0 Å². The van der Waals surface area contributed by atoms with Crippen molar-refractivity contribution < 1.29 is 31.5 Å². The molecule has 1 aromatic rings. The molecule has 3 rings (SSSR count). The number of rotatable bonds is 4. The Labute approximate surface area is 133 Å². The van der Waals surface area contributed by atoms with Crippen LogP contribution in [0.25, 0.3) is 0 Å². The van der Waals surface area contributed by atoms with Gasteiger partial charge in [0, 0.05) is 41.2 Å². The zero-order valence-corrected chi connectivity index (χ0v) is 12.7. The average Bonchev–Trinajstić information content (AvgIpc) is 2.77. The number of thioether (sulfide) groups is 1. The highest BCUT2D eigenvalue weighted by atomic mass is 32.2. The van der Waals surface area contributed by atoms with Crippen LogP contribution in [-0.4, -0.2) is 23.8 Å². The molecular weight excluding hydrogens is 339 g/mol. The number of halogens is 5. The van der Waals surface area contributed by atoms with E-state index in [4.69, 9.17) is 4.74 Å². The van der Waals surface area contributed by atoms with Crippen molar-refractivity contribution in [1.82, 2.24) is 0 Å². The quantitative estimate of drug-likeness (QED) is 0.572. The molecular formula is C15H13F5O2S. The van der Waals surface area contributed by atoms with Crippen LogP contribution in [-0.2, 0) is 6.42 Å². The van der Waals surface area contributed by atoms with Crippen LogP contribution >= 0.6 is 11.8 Å². The maximum Gasteiger partial charge on any atom is 0.446 e. The average molecular weight is 352 g/mol. The van der Waals surface area contributed by atoms with Gasteiger partial charge in [-0.3, -0.25) is 4.79 Å². The summed E-state index contributed by atoms with van der Waals surface area (Å²) in [6.07, 6.45) is -0.0224. The second kappa shape index (κ2) is 5.65. The molecule has 1 aromatic carbocycles. The Kier molecular flexibility index (Phi) is 4.06. The third-order valence-electron chi connectivity index (χ3n) is 3.99. The summed E-state index contributed by atoms with van der Waals surface area (Å²) in [5, 5.41) is 0. The number of ketones is 1. The molecule has 0 heterocycles.